The number of benzene rings is 1. The number of halogens is 1. The number of nitrogens with zero attached hydrogens (tertiary/aromatic N) is 3. The SMILES string of the molecule is CN(C)c1ccc(C(=O)Cn2cc(Cl)cnc2=O)cc1. The van der Waals surface area contributed by atoms with E-state index < -0.39 is 5.69 Å². The van der Waals surface area contributed by atoms with Gasteiger partial charge in [-0.1, -0.05) is 11.6 Å². The fourth-order valence-electron chi connectivity index (χ4n) is 1.73. The second-order valence-corrected chi connectivity index (χ2v) is 4.98. The number of rotatable bonds is 4. The Labute approximate surface area is 121 Å². The van der Waals surface area contributed by atoms with Crippen molar-refractivity contribution in [2.75, 3.05) is 19.0 Å². The molecule has 0 aliphatic carbocycles. The molecular weight excluding hydrogens is 278 g/mol. The van der Waals surface area contributed by atoms with Gasteiger partial charge in [0.05, 0.1) is 17.8 Å². The fourth-order valence-corrected chi connectivity index (χ4v) is 1.90. The van der Waals surface area contributed by atoms with Gasteiger partial charge in [0.25, 0.3) is 0 Å². The summed E-state index contributed by atoms with van der Waals surface area (Å²) >= 11 is 5.76. The maximum absolute atomic E-state index is 12.1. The van der Waals surface area contributed by atoms with Crippen LogP contribution in [0.1, 0.15) is 10.4 Å². The smallest absolute Gasteiger partial charge is 0.348 e. The summed E-state index contributed by atoms with van der Waals surface area (Å²) < 4.78 is 1.20. The van der Waals surface area contributed by atoms with E-state index in [2.05, 4.69) is 4.98 Å². The van der Waals surface area contributed by atoms with Gasteiger partial charge in [-0.05, 0) is 24.3 Å². The van der Waals surface area contributed by atoms with Crippen LogP contribution in [0, 0.1) is 0 Å². The van der Waals surface area contributed by atoms with E-state index in [0.717, 1.165) is 5.69 Å². The van der Waals surface area contributed by atoms with E-state index >= 15 is 0 Å². The second kappa shape index (κ2) is 5.88. The molecule has 0 fully saturated rings. The average Bonchev–Trinajstić information content (AvgIpc) is 2.43. The molecule has 0 saturated heterocycles. The van der Waals surface area contributed by atoms with Crippen molar-refractivity contribution in [1.29, 1.82) is 0 Å². The summed E-state index contributed by atoms with van der Waals surface area (Å²) in [5, 5.41) is 0.320. The number of carbonyl (C=O) groups is 1. The van der Waals surface area contributed by atoms with Gasteiger partial charge in [0.2, 0.25) is 0 Å². The molecule has 2 aromatic rings. The molecule has 0 atom stereocenters. The first-order valence-electron chi connectivity index (χ1n) is 6.00. The third-order valence-corrected chi connectivity index (χ3v) is 3.04. The molecule has 20 heavy (non-hydrogen) atoms. The third kappa shape index (κ3) is 3.24. The summed E-state index contributed by atoms with van der Waals surface area (Å²) in [5.74, 6) is -0.165. The van der Waals surface area contributed by atoms with Crippen molar-refractivity contribution in [3.63, 3.8) is 0 Å². The van der Waals surface area contributed by atoms with E-state index in [0.29, 0.717) is 10.6 Å². The van der Waals surface area contributed by atoms with Gasteiger partial charge < -0.3 is 4.90 Å². The maximum atomic E-state index is 12.1. The molecule has 0 aliphatic heterocycles. The average molecular weight is 292 g/mol. The summed E-state index contributed by atoms with van der Waals surface area (Å²) in [7, 11) is 3.85. The predicted octanol–water partition coefficient (Wildman–Crippen LogP) is 1.85. The lowest BCUT2D eigenvalue weighted by Gasteiger charge is -2.12. The van der Waals surface area contributed by atoms with Gasteiger partial charge in [-0.15, -0.1) is 0 Å². The molecule has 0 radical (unpaired) electrons. The number of hydrogen-bond donors (Lipinski definition) is 0. The molecule has 5 nitrogen and oxygen atoms in total. The number of ketones is 1. The van der Waals surface area contributed by atoms with Gasteiger partial charge >= 0.3 is 5.69 Å². The molecule has 1 aromatic carbocycles. The minimum Gasteiger partial charge on any atom is -0.378 e. The standard InChI is InChI=1S/C14H14ClN3O2/c1-17(2)12-5-3-10(4-6-12)13(19)9-18-8-11(15)7-16-14(18)20/h3-8H,9H2,1-2H3. The van der Waals surface area contributed by atoms with E-state index in [1.807, 2.05) is 31.1 Å². The van der Waals surface area contributed by atoms with E-state index in [9.17, 15) is 9.59 Å². The summed E-state index contributed by atoms with van der Waals surface area (Å²) in [6, 6.07) is 7.18. The van der Waals surface area contributed by atoms with Crippen molar-refractivity contribution in [2.45, 2.75) is 6.54 Å². The van der Waals surface area contributed by atoms with Crippen LogP contribution in [0.2, 0.25) is 5.02 Å². The summed E-state index contributed by atoms with van der Waals surface area (Å²) in [5.41, 5.74) is 1.05. The summed E-state index contributed by atoms with van der Waals surface area (Å²) in [6.45, 7) is -0.0757. The quantitative estimate of drug-likeness (QED) is 0.807. The molecule has 2 rings (SSSR count). The molecular formula is C14H14ClN3O2. The molecule has 1 aromatic heterocycles. The van der Waals surface area contributed by atoms with Crippen molar-refractivity contribution in [1.82, 2.24) is 9.55 Å². The first kappa shape index (κ1) is 14.3. The lowest BCUT2D eigenvalue weighted by molar-refractivity contribution is 0.0970. The van der Waals surface area contributed by atoms with Crippen molar-refractivity contribution in [3.05, 3.63) is 57.7 Å². The summed E-state index contributed by atoms with van der Waals surface area (Å²) in [6.07, 6.45) is 2.67. The molecule has 0 saturated carbocycles. The monoisotopic (exact) mass is 291 g/mol. The number of hydrogen-bond acceptors (Lipinski definition) is 4. The highest BCUT2D eigenvalue weighted by atomic mass is 35.5. The fraction of sp³-hybridized carbons (Fsp3) is 0.214. The van der Waals surface area contributed by atoms with Gasteiger partial charge in [-0.2, -0.15) is 0 Å². The molecule has 0 bridgehead atoms. The molecule has 0 unspecified atom stereocenters. The number of Topliss-reactive ketones (excluding diaryl/α,β-unsaturated/α-hetero) is 1. The molecule has 0 spiro atoms. The number of anilines is 1. The van der Waals surface area contributed by atoms with Gasteiger partial charge in [-0.3, -0.25) is 9.36 Å². The highest BCUT2D eigenvalue weighted by molar-refractivity contribution is 6.30. The highest BCUT2D eigenvalue weighted by Gasteiger charge is 2.09. The minimum absolute atomic E-state index is 0.0757. The number of carbonyl (C=O) groups excluding carboxylic acids is 1. The Balaban J connectivity index is 2.19. The Morgan fingerprint density at radius 2 is 1.95 bits per heavy atom. The van der Waals surface area contributed by atoms with Crippen LogP contribution in [0.3, 0.4) is 0 Å². The lowest BCUT2D eigenvalue weighted by atomic mass is 10.1. The van der Waals surface area contributed by atoms with Crippen LogP contribution in [0.4, 0.5) is 5.69 Å². The topological polar surface area (TPSA) is 55.2 Å². The molecule has 0 N–H and O–H groups in total. The zero-order valence-electron chi connectivity index (χ0n) is 11.2. The largest absolute Gasteiger partial charge is 0.378 e. The molecule has 6 heteroatoms. The van der Waals surface area contributed by atoms with Crippen LogP contribution in [0.5, 0.6) is 0 Å². The highest BCUT2D eigenvalue weighted by Crippen LogP contribution is 2.13. The van der Waals surface area contributed by atoms with E-state index in [1.54, 1.807) is 12.1 Å². The van der Waals surface area contributed by atoms with E-state index in [-0.39, 0.29) is 12.3 Å². The zero-order valence-corrected chi connectivity index (χ0v) is 12.0. The predicted molar refractivity (Wildman–Crippen MR) is 78.6 cm³/mol. The van der Waals surface area contributed by atoms with Gasteiger partial charge in [0.1, 0.15) is 0 Å². The normalized spacial score (nSPS) is 10.3. The van der Waals surface area contributed by atoms with Gasteiger partial charge in [0.15, 0.2) is 5.78 Å². The van der Waals surface area contributed by atoms with Crippen molar-refractivity contribution < 1.29 is 4.79 Å². The van der Waals surface area contributed by atoms with Crippen molar-refractivity contribution >= 4 is 23.1 Å². The van der Waals surface area contributed by atoms with Crippen LogP contribution in [0.25, 0.3) is 0 Å². The Kier molecular flexibility index (Phi) is 4.20. The van der Waals surface area contributed by atoms with Crippen LogP contribution >= 0.6 is 11.6 Å². The first-order chi connectivity index (χ1) is 9.47. The minimum atomic E-state index is -0.493. The van der Waals surface area contributed by atoms with Crippen LogP contribution in [-0.2, 0) is 6.54 Å². The van der Waals surface area contributed by atoms with Crippen molar-refractivity contribution in [2.24, 2.45) is 0 Å². The number of aromatic nitrogens is 2. The van der Waals surface area contributed by atoms with E-state index in [1.165, 1.54) is 17.0 Å². The molecule has 0 amide bonds. The molecule has 1 heterocycles. The van der Waals surface area contributed by atoms with Crippen LogP contribution < -0.4 is 10.6 Å². The van der Waals surface area contributed by atoms with E-state index in [4.69, 9.17) is 11.6 Å². The Morgan fingerprint density at radius 3 is 2.55 bits per heavy atom. The Morgan fingerprint density at radius 1 is 1.30 bits per heavy atom. The lowest BCUT2D eigenvalue weighted by Crippen LogP contribution is -2.25. The summed E-state index contributed by atoms with van der Waals surface area (Å²) in [4.78, 5) is 29.2. The van der Waals surface area contributed by atoms with Crippen LogP contribution in [-0.4, -0.2) is 29.4 Å². The maximum Gasteiger partial charge on any atom is 0.348 e. The second-order valence-electron chi connectivity index (χ2n) is 4.55. The Hall–Kier alpha value is -2.14. The first-order valence-corrected chi connectivity index (χ1v) is 6.38. The Bertz CT molecular complexity index is 678. The molecule has 104 valence electrons. The van der Waals surface area contributed by atoms with Crippen molar-refractivity contribution in [3.8, 4) is 0 Å². The van der Waals surface area contributed by atoms with Gasteiger partial charge in [-0.25, -0.2) is 9.78 Å². The third-order valence-electron chi connectivity index (χ3n) is 2.84. The zero-order chi connectivity index (χ0) is 14.7. The molecule has 0 aliphatic rings. The van der Waals surface area contributed by atoms with Crippen LogP contribution in [0.15, 0.2) is 41.5 Å². The van der Waals surface area contributed by atoms with Gasteiger partial charge in [0, 0.05) is 31.5 Å².